The van der Waals surface area contributed by atoms with Gasteiger partial charge in [0.25, 0.3) is 0 Å². The van der Waals surface area contributed by atoms with Crippen molar-refractivity contribution in [3.8, 4) is 0 Å². The van der Waals surface area contributed by atoms with Gasteiger partial charge in [-0.15, -0.1) is 0 Å². The Hall–Kier alpha value is -0.690. The molecular weight excluding hydrogens is 238 g/mol. The first-order chi connectivity index (χ1) is 8.54. The van der Waals surface area contributed by atoms with Gasteiger partial charge in [-0.05, 0) is 12.8 Å². The molecule has 2 rings (SSSR count). The van der Waals surface area contributed by atoms with Crippen LogP contribution in [0, 0.1) is 0 Å². The highest BCUT2D eigenvalue weighted by Gasteiger charge is 2.49. The lowest BCUT2D eigenvalue weighted by atomic mass is 9.93. The summed E-state index contributed by atoms with van der Waals surface area (Å²) in [5.74, 6) is -0.355. The summed E-state index contributed by atoms with van der Waals surface area (Å²) in [6, 6.07) is -0.443. The maximum absolute atomic E-state index is 11.4. The van der Waals surface area contributed by atoms with Gasteiger partial charge >= 0.3 is 5.97 Å². The molecule has 18 heavy (non-hydrogen) atoms. The van der Waals surface area contributed by atoms with Crippen molar-refractivity contribution < 1.29 is 24.9 Å². The minimum Gasteiger partial charge on any atom is -0.458 e. The summed E-state index contributed by atoms with van der Waals surface area (Å²) in [7, 11) is 0. The lowest BCUT2D eigenvalue weighted by molar-refractivity contribution is -0.178. The highest BCUT2D eigenvalue weighted by Crippen LogP contribution is 2.29. The van der Waals surface area contributed by atoms with Crippen molar-refractivity contribution in [2.75, 3.05) is 13.1 Å². The summed E-state index contributed by atoms with van der Waals surface area (Å²) in [6.07, 6.45) is -1.96. The lowest BCUT2D eigenvalue weighted by Gasteiger charge is -2.42. The number of esters is 1. The SMILES string of the molecule is CCCC(=O)O[C@@H]1CN2CC[C@@H](O)[C@H]2[C@H](O)[C@H]1O. The molecule has 0 unspecified atom stereocenters. The molecule has 0 amide bonds. The molecule has 6 heteroatoms. The Kier molecular flexibility index (Phi) is 4.21. The number of aliphatic hydroxyl groups excluding tert-OH is 3. The Morgan fingerprint density at radius 1 is 1.33 bits per heavy atom. The number of ether oxygens (including phenoxy) is 1. The number of aliphatic hydroxyl groups is 3. The fourth-order valence-electron chi connectivity index (χ4n) is 2.82. The summed E-state index contributed by atoms with van der Waals surface area (Å²) in [4.78, 5) is 13.3. The average molecular weight is 259 g/mol. The first kappa shape index (κ1) is 13.7. The smallest absolute Gasteiger partial charge is 0.306 e. The van der Waals surface area contributed by atoms with Crippen LogP contribution in [0.3, 0.4) is 0 Å². The predicted octanol–water partition coefficient (Wildman–Crippen LogP) is -1.13. The van der Waals surface area contributed by atoms with Crippen LogP contribution < -0.4 is 0 Å². The van der Waals surface area contributed by atoms with Crippen LogP contribution in [0.15, 0.2) is 0 Å². The Morgan fingerprint density at radius 3 is 2.72 bits per heavy atom. The van der Waals surface area contributed by atoms with Crippen molar-refractivity contribution in [1.29, 1.82) is 0 Å². The second-order valence-electron chi connectivity index (χ2n) is 5.10. The van der Waals surface area contributed by atoms with E-state index in [9.17, 15) is 20.1 Å². The molecule has 2 fully saturated rings. The summed E-state index contributed by atoms with van der Waals surface area (Å²) in [5.41, 5.74) is 0. The molecule has 0 bridgehead atoms. The van der Waals surface area contributed by atoms with E-state index in [-0.39, 0.29) is 5.97 Å². The van der Waals surface area contributed by atoms with Crippen LogP contribution in [0.4, 0.5) is 0 Å². The molecule has 2 aliphatic rings. The van der Waals surface area contributed by atoms with E-state index in [1.807, 2.05) is 11.8 Å². The third-order valence-electron chi connectivity index (χ3n) is 3.76. The molecule has 0 aromatic heterocycles. The Morgan fingerprint density at radius 2 is 2.06 bits per heavy atom. The summed E-state index contributed by atoms with van der Waals surface area (Å²) < 4.78 is 5.19. The van der Waals surface area contributed by atoms with E-state index >= 15 is 0 Å². The molecule has 2 aliphatic heterocycles. The Balaban J connectivity index is 2.00. The maximum atomic E-state index is 11.4. The van der Waals surface area contributed by atoms with Gasteiger partial charge in [-0.3, -0.25) is 9.69 Å². The highest BCUT2D eigenvalue weighted by atomic mass is 16.6. The van der Waals surface area contributed by atoms with Crippen LogP contribution in [0.2, 0.25) is 0 Å². The van der Waals surface area contributed by atoms with E-state index in [1.54, 1.807) is 0 Å². The van der Waals surface area contributed by atoms with E-state index < -0.39 is 30.5 Å². The standard InChI is InChI=1S/C12H21NO5/c1-2-3-9(15)18-8-6-13-5-4-7(14)10(13)12(17)11(8)16/h7-8,10-12,14,16-17H,2-6H2,1H3/t7-,8-,10+,11+,12+/m1/s1. The summed E-state index contributed by atoms with van der Waals surface area (Å²) in [5, 5.41) is 29.7. The summed E-state index contributed by atoms with van der Waals surface area (Å²) >= 11 is 0. The van der Waals surface area contributed by atoms with Crippen LogP contribution in [-0.4, -0.2) is 69.7 Å². The number of nitrogens with zero attached hydrogens (tertiary/aromatic N) is 1. The molecule has 0 aliphatic carbocycles. The van der Waals surface area contributed by atoms with E-state index in [1.165, 1.54) is 0 Å². The van der Waals surface area contributed by atoms with Gasteiger partial charge in [0.05, 0.1) is 12.1 Å². The first-order valence-corrected chi connectivity index (χ1v) is 6.52. The second kappa shape index (κ2) is 5.52. The molecule has 5 atom stereocenters. The van der Waals surface area contributed by atoms with Crippen LogP contribution >= 0.6 is 0 Å². The van der Waals surface area contributed by atoms with Gasteiger partial charge in [0.15, 0.2) is 0 Å². The van der Waals surface area contributed by atoms with Crippen molar-refractivity contribution >= 4 is 5.97 Å². The lowest BCUT2D eigenvalue weighted by Crippen LogP contribution is -2.62. The van der Waals surface area contributed by atoms with Crippen LogP contribution in [0.5, 0.6) is 0 Å². The largest absolute Gasteiger partial charge is 0.458 e. The number of rotatable bonds is 3. The van der Waals surface area contributed by atoms with Crippen LogP contribution in [0.25, 0.3) is 0 Å². The fraction of sp³-hybridized carbons (Fsp3) is 0.917. The Bertz CT molecular complexity index is 311. The third kappa shape index (κ3) is 2.51. The van der Waals surface area contributed by atoms with E-state index in [2.05, 4.69) is 0 Å². The van der Waals surface area contributed by atoms with E-state index in [0.29, 0.717) is 32.4 Å². The number of piperidine rings is 1. The normalized spacial score (nSPS) is 40.6. The predicted molar refractivity (Wildman–Crippen MR) is 62.8 cm³/mol. The van der Waals surface area contributed by atoms with Gasteiger partial charge in [-0.1, -0.05) is 6.92 Å². The molecule has 0 aromatic carbocycles. The van der Waals surface area contributed by atoms with Crippen LogP contribution in [-0.2, 0) is 9.53 Å². The molecule has 0 radical (unpaired) electrons. The minimum atomic E-state index is -1.13. The van der Waals surface area contributed by atoms with E-state index in [0.717, 1.165) is 0 Å². The maximum Gasteiger partial charge on any atom is 0.306 e. The first-order valence-electron chi connectivity index (χ1n) is 6.52. The molecule has 2 heterocycles. The van der Waals surface area contributed by atoms with Gasteiger partial charge < -0.3 is 20.1 Å². The zero-order valence-electron chi connectivity index (χ0n) is 10.5. The Labute approximate surface area is 106 Å². The monoisotopic (exact) mass is 259 g/mol. The fourth-order valence-corrected chi connectivity index (χ4v) is 2.82. The zero-order chi connectivity index (χ0) is 13.3. The zero-order valence-corrected chi connectivity index (χ0v) is 10.5. The molecule has 104 valence electrons. The molecular formula is C12H21NO5. The number of hydrogen-bond acceptors (Lipinski definition) is 6. The van der Waals surface area contributed by atoms with Crippen molar-refractivity contribution in [3.63, 3.8) is 0 Å². The van der Waals surface area contributed by atoms with Crippen molar-refractivity contribution in [1.82, 2.24) is 4.90 Å². The van der Waals surface area contributed by atoms with Gasteiger partial charge in [0, 0.05) is 19.5 Å². The number of carbonyl (C=O) groups is 1. The van der Waals surface area contributed by atoms with Crippen molar-refractivity contribution in [2.45, 2.75) is 56.6 Å². The highest BCUT2D eigenvalue weighted by molar-refractivity contribution is 5.69. The van der Waals surface area contributed by atoms with Gasteiger partial charge in [0.2, 0.25) is 0 Å². The molecule has 0 aromatic rings. The van der Waals surface area contributed by atoms with Gasteiger partial charge in [-0.25, -0.2) is 0 Å². The average Bonchev–Trinajstić information content (AvgIpc) is 2.67. The van der Waals surface area contributed by atoms with Gasteiger partial charge in [0.1, 0.15) is 18.3 Å². The third-order valence-corrected chi connectivity index (χ3v) is 3.76. The topological polar surface area (TPSA) is 90.2 Å². The number of hydrogen-bond donors (Lipinski definition) is 3. The molecule has 0 saturated carbocycles. The van der Waals surface area contributed by atoms with Crippen LogP contribution in [0.1, 0.15) is 26.2 Å². The second-order valence-corrected chi connectivity index (χ2v) is 5.10. The molecule has 0 spiro atoms. The minimum absolute atomic E-state index is 0.311. The molecule has 6 nitrogen and oxygen atoms in total. The van der Waals surface area contributed by atoms with E-state index in [4.69, 9.17) is 4.74 Å². The quantitative estimate of drug-likeness (QED) is 0.556. The number of fused-ring (bicyclic) bond motifs is 1. The van der Waals surface area contributed by atoms with Gasteiger partial charge in [-0.2, -0.15) is 0 Å². The number of carbonyl (C=O) groups excluding carboxylic acids is 1. The summed E-state index contributed by atoms with van der Waals surface area (Å²) in [6.45, 7) is 2.90. The molecule has 2 saturated heterocycles. The van der Waals surface area contributed by atoms with Crippen molar-refractivity contribution in [3.05, 3.63) is 0 Å². The van der Waals surface area contributed by atoms with Crippen molar-refractivity contribution in [2.24, 2.45) is 0 Å². The molecule has 3 N–H and O–H groups in total.